The molecule has 1 aliphatic rings. The normalized spacial score (nSPS) is 14.4. The van der Waals surface area contributed by atoms with Crippen LogP contribution < -0.4 is 5.32 Å². The Kier molecular flexibility index (Phi) is 4.08. The fraction of sp³-hybridized carbons (Fsp3) is 0.333. The number of amides is 1. The topological polar surface area (TPSA) is 64.4 Å². The summed E-state index contributed by atoms with van der Waals surface area (Å²) in [4.78, 5) is 12.0. The highest BCUT2D eigenvalue weighted by atomic mass is 19.4. The molecule has 0 atom stereocenters. The van der Waals surface area contributed by atoms with Crippen LogP contribution in [0.15, 0.2) is 28.8 Å². The summed E-state index contributed by atoms with van der Waals surface area (Å²) in [5.41, 5.74) is 0.162. The van der Waals surface area contributed by atoms with E-state index in [1.165, 1.54) is 12.1 Å². The second kappa shape index (κ2) is 6.04. The summed E-state index contributed by atoms with van der Waals surface area (Å²) >= 11 is 0. The lowest BCUT2D eigenvalue weighted by Gasteiger charge is -2.11. The Hall–Kier alpha value is -2.35. The molecule has 1 aromatic carbocycles. The maximum atomic E-state index is 12.7. The van der Waals surface area contributed by atoms with Gasteiger partial charge in [0.1, 0.15) is 5.76 Å². The zero-order valence-corrected chi connectivity index (χ0v) is 11.9. The summed E-state index contributed by atoms with van der Waals surface area (Å²) in [6.07, 6.45) is -4.05. The highest BCUT2D eigenvalue weighted by molar-refractivity contribution is 5.92. The molecule has 8 heteroatoms. The monoisotopic (exact) mass is 326 g/mol. The van der Waals surface area contributed by atoms with Crippen LogP contribution in [0.25, 0.3) is 0 Å². The van der Waals surface area contributed by atoms with Crippen LogP contribution in [-0.2, 0) is 35.2 Å². The van der Waals surface area contributed by atoms with Crippen LogP contribution in [0.2, 0.25) is 0 Å². The molecule has 2 heterocycles. The van der Waals surface area contributed by atoms with Crippen molar-refractivity contribution >= 4 is 11.7 Å². The van der Waals surface area contributed by atoms with Crippen LogP contribution in [-0.4, -0.2) is 17.7 Å². The highest BCUT2D eigenvalue weighted by Crippen LogP contribution is 2.30. The van der Waals surface area contributed by atoms with E-state index in [0.717, 1.165) is 12.1 Å². The number of nitrogens with zero attached hydrogens (tertiary/aromatic N) is 1. The number of nitrogens with one attached hydrogen (secondary N) is 1. The number of carbonyl (C=O) groups is 1. The van der Waals surface area contributed by atoms with Crippen molar-refractivity contribution in [3.63, 3.8) is 0 Å². The smallest absolute Gasteiger partial charge is 0.376 e. The quantitative estimate of drug-likeness (QED) is 0.942. The lowest BCUT2D eigenvalue weighted by Crippen LogP contribution is -2.17. The van der Waals surface area contributed by atoms with Crippen molar-refractivity contribution in [3.05, 3.63) is 46.7 Å². The Morgan fingerprint density at radius 3 is 2.96 bits per heavy atom. The SMILES string of the molecule is O=C(Cc1cccc(C(F)(F)F)c1)Nc1noc2c1COCC2. The number of hydrogen-bond acceptors (Lipinski definition) is 4. The van der Waals surface area contributed by atoms with Gasteiger partial charge in [-0.25, -0.2) is 0 Å². The molecule has 3 rings (SSSR count). The van der Waals surface area contributed by atoms with Gasteiger partial charge >= 0.3 is 6.18 Å². The van der Waals surface area contributed by atoms with Crippen molar-refractivity contribution in [2.45, 2.75) is 25.6 Å². The van der Waals surface area contributed by atoms with E-state index < -0.39 is 17.6 Å². The van der Waals surface area contributed by atoms with Gasteiger partial charge in [-0.3, -0.25) is 4.79 Å². The average molecular weight is 326 g/mol. The summed E-state index contributed by atoms with van der Waals surface area (Å²) in [6, 6.07) is 4.67. The van der Waals surface area contributed by atoms with Gasteiger partial charge < -0.3 is 14.6 Å². The molecule has 1 amide bonds. The van der Waals surface area contributed by atoms with Crippen molar-refractivity contribution in [3.8, 4) is 0 Å². The van der Waals surface area contributed by atoms with Crippen LogP contribution in [0.3, 0.4) is 0 Å². The zero-order valence-electron chi connectivity index (χ0n) is 11.9. The van der Waals surface area contributed by atoms with Gasteiger partial charge in [0.2, 0.25) is 5.91 Å². The molecule has 2 aromatic rings. The molecule has 0 radical (unpaired) electrons. The van der Waals surface area contributed by atoms with Gasteiger partial charge in [0.25, 0.3) is 0 Å². The van der Waals surface area contributed by atoms with E-state index in [1.807, 2.05) is 0 Å². The number of carbonyl (C=O) groups excluding carboxylic acids is 1. The fourth-order valence-electron chi connectivity index (χ4n) is 2.35. The van der Waals surface area contributed by atoms with Crippen LogP contribution in [0.1, 0.15) is 22.5 Å². The third-order valence-electron chi connectivity index (χ3n) is 3.47. The Bertz CT molecular complexity index is 725. The largest absolute Gasteiger partial charge is 0.416 e. The van der Waals surface area contributed by atoms with Crippen molar-refractivity contribution < 1.29 is 27.2 Å². The van der Waals surface area contributed by atoms with Gasteiger partial charge in [0.05, 0.1) is 30.8 Å². The summed E-state index contributed by atoms with van der Waals surface area (Å²) in [5, 5.41) is 6.32. The van der Waals surface area contributed by atoms with E-state index >= 15 is 0 Å². The predicted molar refractivity (Wildman–Crippen MR) is 73.6 cm³/mol. The number of hydrogen-bond donors (Lipinski definition) is 1. The lowest BCUT2D eigenvalue weighted by atomic mass is 10.1. The molecule has 23 heavy (non-hydrogen) atoms. The van der Waals surface area contributed by atoms with Crippen molar-refractivity contribution in [2.75, 3.05) is 11.9 Å². The highest BCUT2D eigenvalue weighted by Gasteiger charge is 2.30. The van der Waals surface area contributed by atoms with Crippen molar-refractivity contribution in [1.82, 2.24) is 5.16 Å². The average Bonchev–Trinajstić information content (AvgIpc) is 2.90. The Morgan fingerprint density at radius 1 is 1.35 bits per heavy atom. The molecule has 0 aliphatic carbocycles. The van der Waals surface area contributed by atoms with Crippen molar-refractivity contribution in [2.24, 2.45) is 0 Å². The van der Waals surface area contributed by atoms with E-state index in [0.29, 0.717) is 24.4 Å². The molecular weight excluding hydrogens is 313 g/mol. The first-order valence-electron chi connectivity index (χ1n) is 6.94. The number of alkyl halides is 3. The number of fused-ring (bicyclic) bond motifs is 1. The van der Waals surface area contributed by atoms with Crippen LogP contribution >= 0.6 is 0 Å². The van der Waals surface area contributed by atoms with Crippen LogP contribution in [0.5, 0.6) is 0 Å². The van der Waals surface area contributed by atoms with E-state index in [2.05, 4.69) is 10.5 Å². The standard InChI is InChI=1S/C15H13F3N2O3/c16-15(17,18)10-3-1-2-9(6-10)7-13(21)19-14-11-8-22-5-4-12(11)23-20-14/h1-3,6H,4-5,7-8H2,(H,19,20,21). The van der Waals surface area contributed by atoms with Gasteiger partial charge in [-0.2, -0.15) is 13.2 Å². The Morgan fingerprint density at radius 2 is 2.17 bits per heavy atom. The minimum Gasteiger partial charge on any atom is -0.376 e. The number of halogens is 3. The van der Waals surface area contributed by atoms with Gasteiger partial charge in [-0.1, -0.05) is 23.4 Å². The first-order chi connectivity index (χ1) is 10.9. The van der Waals surface area contributed by atoms with E-state index in [1.54, 1.807) is 0 Å². The zero-order chi connectivity index (χ0) is 16.4. The van der Waals surface area contributed by atoms with Crippen LogP contribution in [0.4, 0.5) is 19.0 Å². The molecule has 0 saturated heterocycles. The van der Waals surface area contributed by atoms with Gasteiger partial charge in [0, 0.05) is 6.42 Å². The molecule has 122 valence electrons. The number of anilines is 1. The predicted octanol–water partition coefficient (Wildman–Crippen LogP) is 2.95. The maximum absolute atomic E-state index is 12.7. The third kappa shape index (κ3) is 3.53. The number of ether oxygens (including phenoxy) is 1. The molecule has 0 bridgehead atoms. The second-order valence-corrected chi connectivity index (χ2v) is 5.16. The molecule has 0 unspecified atom stereocenters. The molecule has 5 nitrogen and oxygen atoms in total. The number of aromatic nitrogens is 1. The molecule has 1 aliphatic heterocycles. The number of benzene rings is 1. The Balaban J connectivity index is 1.69. The van der Waals surface area contributed by atoms with Gasteiger partial charge in [-0.15, -0.1) is 0 Å². The minimum atomic E-state index is -4.44. The molecule has 1 N–H and O–H groups in total. The molecular formula is C15H13F3N2O3. The first kappa shape index (κ1) is 15.5. The van der Waals surface area contributed by atoms with E-state index in [9.17, 15) is 18.0 Å². The van der Waals surface area contributed by atoms with Crippen molar-refractivity contribution in [1.29, 1.82) is 0 Å². The molecule has 0 saturated carbocycles. The Labute approximate surface area is 129 Å². The summed E-state index contributed by atoms with van der Waals surface area (Å²) in [6.45, 7) is 0.817. The molecule has 1 aromatic heterocycles. The summed E-state index contributed by atoms with van der Waals surface area (Å²) < 4.78 is 48.4. The molecule has 0 spiro atoms. The lowest BCUT2D eigenvalue weighted by molar-refractivity contribution is -0.137. The van der Waals surface area contributed by atoms with E-state index in [4.69, 9.17) is 9.26 Å². The second-order valence-electron chi connectivity index (χ2n) is 5.16. The number of rotatable bonds is 3. The fourth-order valence-corrected chi connectivity index (χ4v) is 2.35. The third-order valence-corrected chi connectivity index (χ3v) is 3.47. The summed E-state index contributed by atoms with van der Waals surface area (Å²) in [5.74, 6) is 0.452. The first-order valence-corrected chi connectivity index (χ1v) is 6.94. The van der Waals surface area contributed by atoms with Crippen LogP contribution in [0, 0.1) is 0 Å². The summed E-state index contributed by atoms with van der Waals surface area (Å²) in [7, 11) is 0. The molecule has 0 fully saturated rings. The minimum absolute atomic E-state index is 0.188. The van der Waals surface area contributed by atoms with E-state index in [-0.39, 0.29) is 24.4 Å². The van der Waals surface area contributed by atoms with Gasteiger partial charge in [0.15, 0.2) is 5.82 Å². The maximum Gasteiger partial charge on any atom is 0.416 e. The van der Waals surface area contributed by atoms with Gasteiger partial charge in [-0.05, 0) is 11.6 Å².